The Morgan fingerprint density at radius 2 is 2.25 bits per heavy atom. The van der Waals surface area contributed by atoms with Crippen molar-refractivity contribution in [2.45, 2.75) is 32.4 Å². The molecule has 24 heavy (non-hydrogen) atoms. The highest BCUT2D eigenvalue weighted by Gasteiger charge is 2.25. The van der Waals surface area contributed by atoms with Crippen molar-refractivity contribution in [1.29, 1.82) is 0 Å². The molecule has 1 unspecified atom stereocenters. The van der Waals surface area contributed by atoms with Crippen LogP contribution in [0.2, 0.25) is 0 Å². The molecule has 1 saturated heterocycles. The second-order valence-corrected chi connectivity index (χ2v) is 5.53. The zero-order valence-electron chi connectivity index (χ0n) is 13.9. The highest BCUT2D eigenvalue weighted by Crippen LogP contribution is 2.16. The zero-order valence-corrected chi connectivity index (χ0v) is 16.2. The van der Waals surface area contributed by atoms with Gasteiger partial charge in [-0.2, -0.15) is 0 Å². The van der Waals surface area contributed by atoms with E-state index in [-0.39, 0.29) is 41.7 Å². The topological polar surface area (TPSA) is 77.0 Å². The average molecular weight is 450 g/mol. The van der Waals surface area contributed by atoms with Gasteiger partial charge in [0, 0.05) is 39.1 Å². The molecular weight excluding hydrogens is 426 g/mol. The number of nitrogens with one attached hydrogen (secondary N) is 2. The van der Waals surface area contributed by atoms with Gasteiger partial charge in [0.15, 0.2) is 17.5 Å². The fourth-order valence-corrected chi connectivity index (χ4v) is 2.56. The van der Waals surface area contributed by atoms with E-state index in [1.54, 1.807) is 13.1 Å². The number of carbonyl (C=O) groups excluding carboxylic acids is 1. The molecule has 0 aromatic heterocycles. The zero-order chi connectivity index (χ0) is 16.8. The van der Waals surface area contributed by atoms with Crippen LogP contribution in [0.4, 0.5) is 4.39 Å². The van der Waals surface area contributed by atoms with Gasteiger partial charge in [0.2, 0.25) is 5.91 Å². The molecule has 1 heterocycles. The maximum absolute atomic E-state index is 13.3. The molecule has 1 amide bonds. The van der Waals surface area contributed by atoms with Crippen LogP contribution < -0.4 is 10.6 Å². The Balaban J connectivity index is 0.00000288. The molecular formula is C16H24FIN4O2. The molecule has 0 saturated carbocycles. The molecule has 1 aliphatic heterocycles. The quantitative estimate of drug-likeness (QED) is 0.372. The molecule has 1 aromatic carbocycles. The number of aromatic hydroxyl groups is 1. The van der Waals surface area contributed by atoms with Gasteiger partial charge in [0.1, 0.15) is 0 Å². The van der Waals surface area contributed by atoms with E-state index >= 15 is 0 Å². The highest BCUT2D eigenvalue weighted by atomic mass is 127. The first kappa shape index (κ1) is 20.5. The van der Waals surface area contributed by atoms with Crippen LogP contribution in [-0.4, -0.2) is 48.1 Å². The summed E-state index contributed by atoms with van der Waals surface area (Å²) in [5, 5.41) is 15.6. The van der Waals surface area contributed by atoms with Gasteiger partial charge in [-0.25, -0.2) is 4.39 Å². The normalized spacial score (nSPS) is 17.4. The molecule has 1 aromatic rings. The van der Waals surface area contributed by atoms with Crippen LogP contribution in [0.1, 0.15) is 25.3 Å². The number of carbonyl (C=O) groups is 1. The van der Waals surface area contributed by atoms with E-state index in [0.29, 0.717) is 31.0 Å². The Morgan fingerprint density at radius 3 is 2.88 bits per heavy atom. The molecule has 1 aliphatic rings. The van der Waals surface area contributed by atoms with Crippen LogP contribution in [0, 0.1) is 5.82 Å². The number of nitrogens with zero attached hydrogens (tertiary/aromatic N) is 2. The van der Waals surface area contributed by atoms with Crippen LogP contribution in [0.3, 0.4) is 0 Å². The van der Waals surface area contributed by atoms with Crippen molar-refractivity contribution in [2.24, 2.45) is 4.99 Å². The molecule has 2 rings (SSSR count). The molecule has 1 fully saturated rings. The second-order valence-electron chi connectivity index (χ2n) is 5.53. The van der Waals surface area contributed by atoms with Crippen molar-refractivity contribution < 1.29 is 14.3 Å². The second kappa shape index (κ2) is 9.65. The van der Waals surface area contributed by atoms with Gasteiger partial charge in [-0.3, -0.25) is 9.79 Å². The number of amides is 1. The molecule has 3 N–H and O–H groups in total. The summed E-state index contributed by atoms with van der Waals surface area (Å²) in [7, 11) is 1.66. The number of phenols is 1. The molecule has 0 radical (unpaired) electrons. The first-order valence-corrected chi connectivity index (χ1v) is 7.75. The van der Waals surface area contributed by atoms with Crippen molar-refractivity contribution in [3.05, 3.63) is 29.6 Å². The van der Waals surface area contributed by atoms with Crippen LogP contribution in [-0.2, 0) is 11.3 Å². The SMILES string of the molecule is CCC(=O)N1CCC(NC(=NC)NCc2ccc(O)c(F)c2)C1.I. The molecule has 1 atom stereocenters. The summed E-state index contributed by atoms with van der Waals surface area (Å²) in [6.07, 6.45) is 1.40. The van der Waals surface area contributed by atoms with Crippen molar-refractivity contribution in [1.82, 2.24) is 15.5 Å². The third kappa shape index (κ3) is 5.50. The van der Waals surface area contributed by atoms with Gasteiger partial charge < -0.3 is 20.6 Å². The Bertz CT molecular complexity index is 597. The summed E-state index contributed by atoms with van der Waals surface area (Å²) in [4.78, 5) is 17.7. The van der Waals surface area contributed by atoms with E-state index in [1.165, 1.54) is 12.1 Å². The Hall–Kier alpha value is -1.58. The number of guanidine groups is 1. The standard InChI is InChI=1S/C16H23FN4O2.HI/c1-3-15(23)21-7-6-12(10-21)20-16(18-2)19-9-11-4-5-14(22)13(17)8-11;/h4-5,8,12,22H,3,6-7,9-10H2,1-2H3,(H2,18,19,20);1H. The summed E-state index contributed by atoms with van der Waals surface area (Å²) in [5.74, 6) is -0.231. The summed E-state index contributed by atoms with van der Waals surface area (Å²) in [5.41, 5.74) is 0.706. The third-order valence-electron chi connectivity index (χ3n) is 3.88. The number of benzene rings is 1. The van der Waals surface area contributed by atoms with Gasteiger partial charge in [-0.15, -0.1) is 24.0 Å². The van der Waals surface area contributed by atoms with Gasteiger partial charge in [0.05, 0.1) is 0 Å². The van der Waals surface area contributed by atoms with Crippen LogP contribution in [0.15, 0.2) is 23.2 Å². The highest BCUT2D eigenvalue weighted by molar-refractivity contribution is 14.0. The molecule has 0 aliphatic carbocycles. The van der Waals surface area contributed by atoms with Gasteiger partial charge >= 0.3 is 0 Å². The maximum Gasteiger partial charge on any atom is 0.222 e. The lowest BCUT2D eigenvalue weighted by Crippen LogP contribution is -2.44. The lowest BCUT2D eigenvalue weighted by Gasteiger charge is -2.18. The number of rotatable bonds is 4. The predicted molar refractivity (Wildman–Crippen MR) is 102 cm³/mol. The Labute approximate surface area is 158 Å². The van der Waals surface area contributed by atoms with Crippen LogP contribution >= 0.6 is 24.0 Å². The summed E-state index contributed by atoms with van der Waals surface area (Å²) in [6, 6.07) is 4.42. The minimum absolute atomic E-state index is 0. The maximum atomic E-state index is 13.3. The largest absolute Gasteiger partial charge is 0.505 e. The summed E-state index contributed by atoms with van der Waals surface area (Å²) >= 11 is 0. The molecule has 0 spiro atoms. The summed E-state index contributed by atoms with van der Waals surface area (Å²) in [6.45, 7) is 3.67. The van der Waals surface area contributed by atoms with E-state index in [0.717, 1.165) is 13.0 Å². The lowest BCUT2D eigenvalue weighted by atomic mass is 10.2. The Morgan fingerprint density at radius 1 is 1.50 bits per heavy atom. The number of halogens is 2. The van der Waals surface area contributed by atoms with Crippen molar-refractivity contribution in [3.8, 4) is 5.75 Å². The number of hydrogen-bond donors (Lipinski definition) is 3. The lowest BCUT2D eigenvalue weighted by molar-refractivity contribution is -0.129. The van der Waals surface area contributed by atoms with Gasteiger partial charge in [-0.1, -0.05) is 13.0 Å². The minimum Gasteiger partial charge on any atom is -0.505 e. The number of phenolic OH excluding ortho intramolecular Hbond substituents is 1. The van der Waals surface area contributed by atoms with E-state index in [4.69, 9.17) is 0 Å². The first-order chi connectivity index (χ1) is 11.0. The average Bonchev–Trinajstić information content (AvgIpc) is 3.02. The Kier molecular flexibility index (Phi) is 8.23. The van der Waals surface area contributed by atoms with E-state index < -0.39 is 5.82 Å². The minimum atomic E-state index is -0.642. The smallest absolute Gasteiger partial charge is 0.222 e. The molecule has 0 bridgehead atoms. The number of likely N-dealkylation sites (tertiary alicyclic amines) is 1. The van der Waals surface area contributed by atoms with Gasteiger partial charge in [0.25, 0.3) is 0 Å². The predicted octanol–water partition coefficient (Wildman–Crippen LogP) is 1.83. The van der Waals surface area contributed by atoms with Crippen LogP contribution in [0.25, 0.3) is 0 Å². The monoisotopic (exact) mass is 450 g/mol. The van der Waals surface area contributed by atoms with Crippen molar-refractivity contribution in [2.75, 3.05) is 20.1 Å². The van der Waals surface area contributed by atoms with Gasteiger partial charge in [-0.05, 0) is 24.1 Å². The first-order valence-electron chi connectivity index (χ1n) is 7.75. The fourth-order valence-electron chi connectivity index (χ4n) is 2.56. The molecule has 6 nitrogen and oxygen atoms in total. The molecule has 134 valence electrons. The summed E-state index contributed by atoms with van der Waals surface area (Å²) < 4.78 is 13.3. The van der Waals surface area contributed by atoms with E-state index in [1.807, 2.05) is 11.8 Å². The molecule has 8 heteroatoms. The van der Waals surface area contributed by atoms with E-state index in [2.05, 4.69) is 15.6 Å². The van der Waals surface area contributed by atoms with E-state index in [9.17, 15) is 14.3 Å². The fraction of sp³-hybridized carbons (Fsp3) is 0.500. The third-order valence-corrected chi connectivity index (χ3v) is 3.88. The van der Waals surface area contributed by atoms with Crippen LogP contribution in [0.5, 0.6) is 5.75 Å². The number of aliphatic imine (C=N–C) groups is 1. The van der Waals surface area contributed by atoms with Crippen molar-refractivity contribution in [3.63, 3.8) is 0 Å². The number of hydrogen-bond acceptors (Lipinski definition) is 3. The van der Waals surface area contributed by atoms with Crippen molar-refractivity contribution >= 4 is 35.8 Å².